The Labute approximate surface area is 223 Å². The number of methoxy groups -OCH3 is 2. The van der Waals surface area contributed by atoms with E-state index in [2.05, 4.69) is 38.0 Å². The van der Waals surface area contributed by atoms with Crippen molar-refractivity contribution in [2.75, 3.05) is 20.8 Å². The number of carbonyl (C=O) groups is 1. The molecule has 0 bridgehead atoms. The van der Waals surface area contributed by atoms with Crippen molar-refractivity contribution in [3.8, 4) is 17.4 Å². The molecule has 0 unspecified atom stereocenters. The molecule has 0 radical (unpaired) electrons. The summed E-state index contributed by atoms with van der Waals surface area (Å²) in [5.74, 6) is 0.908. The number of halogens is 1. The number of benzene rings is 3. The van der Waals surface area contributed by atoms with Crippen LogP contribution in [0.25, 0.3) is 10.9 Å². The predicted molar refractivity (Wildman–Crippen MR) is 145 cm³/mol. The van der Waals surface area contributed by atoms with Crippen molar-refractivity contribution in [3.63, 3.8) is 0 Å². The average molecular weight is 563 g/mol. The molecule has 1 aliphatic heterocycles. The molecule has 4 aromatic rings. The number of ether oxygens (including phenoxy) is 2. The van der Waals surface area contributed by atoms with Crippen LogP contribution in [0.4, 0.5) is 5.69 Å². The maximum Gasteiger partial charge on any atom is 0.295 e. The van der Waals surface area contributed by atoms with Crippen molar-refractivity contribution in [2.45, 2.75) is 26.1 Å². The Morgan fingerprint density at radius 1 is 1.08 bits per heavy atom. The second kappa shape index (κ2) is 10.4. The summed E-state index contributed by atoms with van der Waals surface area (Å²) in [6.07, 6.45) is 0.837. The van der Waals surface area contributed by atoms with Crippen LogP contribution in [0.5, 0.6) is 17.4 Å². The van der Waals surface area contributed by atoms with Crippen LogP contribution >= 0.6 is 15.9 Å². The Hall–Kier alpha value is -3.69. The molecule has 9 heteroatoms. The molecular weight excluding hydrogens is 536 g/mol. The third-order valence-electron chi connectivity index (χ3n) is 6.87. The van der Waals surface area contributed by atoms with Gasteiger partial charge in [-0.15, -0.1) is 10.2 Å². The van der Waals surface area contributed by atoms with Gasteiger partial charge < -0.3 is 14.6 Å². The van der Waals surface area contributed by atoms with Gasteiger partial charge in [0.2, 0.25) is 5.88 Å². The zero-order chi connectivity index (χ0) is 26.1. The second-order valence-electron chi connectivity index (χ2n) is 8.92. The van der Waals surface area contributed by atoms with E-state index in [4.69, 9.17) is 9.47 Å². The van der Waals surface area contributed by atoms with E-state index in [1.807, 2.05) is 41.0 Å². The van der Waals surface area contributed by atoms with E-state index >= 15 is 0 Å². The molecule has 3 aromatic carbocycles. The number of carbonyl (C=O) groups excluding carboxylic acids is 1. The molecule has 2 heterocycles. The summed E-state index contributed by atoms with van der Waals surface area (Å²) in [6, 6.07) is 18.6. The fourth-order valence-electron chi connectivity index (χ4n) is 4.84. The van der Waals surface area contributed by atoms with E-state index < -0.39 is 5.91 Å². The molecular formula is C28H27BrN4O4. The lowest BCUT2D eigenvalue weighted by Crippen LogP contribution is -2.35. The van der Waals surface area contributed by atoms with E-state index in [9.17, 15) is 9.90 Å². The zero-order valence-corrected chi connectivity index (χ0v) is 22.4. The topological polar surface area (TPSA) is 88.7 Å². The lowest BCUT2D eigenvalue weighted by Gasteiger charge is -2.36. The second-order valence-corrected chi connectivity index (χ2v) is 9.83. The normalized spacial score (nSPS) is 15.7. The first kappa shape index (κ1) is 25.0. The molecule has 37 heavy (non-hydrogen) atoms. The van der Waals surface area contributed by atoms with E-state index in [1.54, 1.807) is 38.5 Å². The monoisotopic (exact) mass is 562 g/mol. The van der Waals surface area contributed by atoms with Crippen molar-refractivity contribution in [2.24, 2.45) is 10.2 Å². The molecule has 5 rings (SSSR count). The number of hydrogen-bond acceptors (Lipinski definition) is 6. The third-order valence-corrected chi connectivity index (χ3v) is 7.36. The maximum atomic E-state index is 12.5. The Bertz CT molecular complexity index is 1500. The van der Waals surface area contributed by atoms with Gasteiger partial charge in [-0.05, 0) is 66.9 Å². The Kier molecular flexibility index (Phi) is 6.99. The number of fused-ring (bicyclic) bond motifs is 2. The highest BCUT2D eigenvalue weighted by Gasteiger charge is 2.28. The van der Waals surface area contributed by atoms with Gasteiger partial charge in [-0.25, -0.2) is 0 Å². The SMILES string of the molecule is COc1cc2c(cc1OC)[C@H](C)N(Cn1c(O)c(N=NC(=O)c3ccccc3)c3cc(Br)ccc31)CC2. The van der Waals surface area contributed by atoms with Gasteiger partial charge in [-0.2, -0.15) is 0 Å². The minimum atomic E-state index is -0.471. The minimum Gasteiger partial charge on any atom is -0.493 e. The Morgan fingerprint density at radius 3 is 2.54 bits per heavy atom. The highest BCUT2D eigenvalue weighted by atomic mass is 79.9. The van der Waals surface area contributed by atoms with Crippen LogP contribution in [-0.4, -0.2) is 41.2 Å². The van der Waals surface area contributed by atoms with Crippen LogP contribution in [0.3, 0.4) is 0 Å². The van der Waals surface area contributed by atoms with Crippen LogP contribution < -0.4 is 9.47 Å². The molecule has 1 N–H and O–H groups in total. The van der Waals surface area contributed by atoms with E-state index in [-0.39, 0.29) is 17.6 Å². The molecule has 1 atom stereocenters. The summed E-state index contributed by atoms with van der Waals surface area (Å²) in [7, 11) is 3.28. The number of azo groups is 1. The third kappa shape index (κ3) is 4.72. The fourth-order valence-corrected chi connectivity index (χ4v) is 5.20. The Balaban J connectivity index is 1.49. The highest BCUT2D eigenvalue weighted by Crippen LogP contribution is 2.42. The van der Waals surface area contributed by atoms with Gasteiger partial charge >= 0.3 is 0 Å². The zero-order valence-electron chi connectivity index (χ0n) is 20.8. The van der Waals surface area contributed by atoms with Crippen LogP contribution in [0, 0.1) is 0 Å². The first-order valence-electron chi connectivity index (χ1n) is 11.9. The van der Waals surface area contributed by atoms with Gasteiger partial charge in [-0.3, -0.25) is 14.3 Å². The molecule has 1 aliphatic rings. The standard InChI is InChI=1S/C28H27BrN4O4/c1-17-21-15-25(37-3)24(36-2)13-19(21)11-12-32(17)16-33-23-10-9-20(29)14-22(23)26(28(33)35)30-31-27(34)18-7-5-4-6-8-18/h4-10,13-15,17,35H,11-12,16H2,1-3H3/t17-/m0/s1. The van der Waals surface area contributed by atoms with Gasteiger partial charge in [0.05, 0.1) is 26.4 Å². The summed E-state index contributed by atoms with van der Waals surface area (Å²) in [4.78, 5) is 14.8. The number of amides is 1. The van der Waals surface area contributed by atoms with Gasteiger partial charge in [0.1, 0.15) is 0 Å². The van der Waals surface area contributed by atoms with Gasteiger partial charge in [-0.1, -0.05) is 34.1 Å². The smallest absolute Gasteiger partial charge is 0.295 e. The van der Waals surface area contributed by atoms with Gasteiger partial charge in [0, 0.05) is 28.0 Å². The van der Waals surface area contributed by atoms with E-state index in [0.29, 0.717) is 23.4 Å². The summed E-state index contributed by atoms with van der Waals surface area (Å²) in [6.45, 7) is 3.37. The number of aromatic hydroxyl groups is 1. The molecule has 0 fully saturated rings. The molecule has 1 amide bonds. The van der Waals surface area contributed by atoms with Crippen LogP contribution in [-0.2, 0) is 13.1 Å². The highest BCUT2D eigenvalue weighted by molar-refractivity contribution is 9.10. The molecule has 0 saturated carbocycles. The first-order valence-corrected chi connectivity index (χ1v) is 12.7. The summed E-state index contributed by atoms with van der Waals surface area (Å²) < 4.78 is 13.7. The van der Waals surface area contributed by atoms with E-state index in [0.717, 1.165) is 34.3 Å². The van der Waals surface area contributed by atoms with Crippen molar-refractivity contribution in [1.82, 2.24) is 9.47 Å². The molecule has 8 nitrogen and oxygen atoms in total. The number of nitrogens with zero attached hydrogens (tertiary/aromatic N) is 4. The van der Waals surface area contributed by atoms with Gasteiger partial charge in [0.15, 0.2) is 17.2 Å². The lowest BCUT2D eigenvalue weighted by atomic mass is 9.93. The van der Waals surface area contributed by atoms with Crippen molar-refractivity contribution in [1.29, 1.82) is 0 Å². The maximum absolute atomic E-state index is 12.5. The molecule has 0 aliphatic carbocycles. The first-order chi connectivity index (χ1) is 17.9. The predicted octanol–water partition coefficient (Wildman–Crippen LogP) is 6.63. The van der Waals surface area contributed by atoms with Crippen molar-refractivity contribution >= 4 is 38.4 Å². The van der Waals surface area contributed by atoms with E-state index in [1.165, 1.54) is 5.56 Å². The van der Waals surface area contributed by atoms with Crippen LogP contribution in [0.2, 0.25) is 0 Å². The van der Waals surface area contributed by atoms with Crippen LogP contribution in [0.15, 0.2) is 75.4 Å². The lowest BCUT2D eigenvalue weighted by molar-refractivity contribution is 0.0995. The largest absolute Gasteiger partial charge is 0.493 e. The molecule has 1 aromatic heterocycles. The van der Waals surface area contributed by atoms with Crippen molar-refractivity contribution < 1.29 is 19.4 Å². The van der Waals surface area contributed by atoms with Gasteiger partial charge in [0.25, 0.3) is 5.91 Å². The number of aromatic nitrogens is 1. The summed E-state index contributed by atoms with van der Waals surface area (Å²) in [5, 5.41) is 20.1. The summed E-state index contributed by atoms with van der Waals surface area (Å²) >= 11 is 3.51. The summed E-state index contributed by atoms with van der Waals surface area (Å²) in [5.41, 5.74) is 3.88. The number of hydrogen-bond donors (Lipinski definition) is 1. The quantitative estimate of drug-likeness (QED) is 0.266. The number of rotatable bonds is 6. The average Bonchev–Trinajstić information content (AvgIpc) is 3.17. The molecule has 0 spiro atoms. The van der Waals surface area contributed by atoms with Crippen molar-refractivity contribution in [3.05, 3.63) is 81.8 Å². The minimum absolute atomic E-state index is 0.0389. The van der Waals surface area contributed by atoms with Crippen LogP contribution in [0.1, 0.15) is 34.5 Å². The molecule has 0 saturated heterocycles. The Morgan fingerprint density at radius 2 is 1.81 bits per heavy atom. The molecule has 190 valence electrons. The fraction of sp³-hybridized carbons (Fsp3) is 0.250.